The number of rotatable bonds is 5. The first-order valence-corrected chi connectivity index (χ1v) is 10.4. The number of aromatic nitrogens is 1. The van der Waals surface area contributed by atoms with Crippen molar-refractivity contribution in [3.8, 4) is 0 Å². The molecule has 2 amide bonds. The molecule has 1 aliphatic carbocycles. The molecule has 0 spiro atoms. The Morgan fingerprint density at radius 2 is 1.73 bits per heavy atom. The average Bonchev–Trinajstić information content (AvgIpc) is 3.20. The Kier molecular flexibility index (Phi) is 6.30. The summed E-state index contributed by atoms with van der Waals surface area (Å²) in [5.41, 5.74) is 6.00. The fourth-order valence-corrected chi connectivity index (χ4v) is 3.68. The van der Waals surface area contributed by atoms with Crippen LogP contribution in [0.1, 0.15) is 61.0 Å². The number of carbonyl (C=O) groups is 3. The summed E-state index contributed by atoms with van der Waals surface area (Å²) in [5.74, 6) is -0.348. The molecule has 33 heavy (non-hydrogen) atoms. The molecule has 0 bridgehead atoms. The topological polar surface area (TPSA) is 123 Å². The first kappa shape index (κ1) is 21.9. The Balaban J connectivity index is 1.53. The molecule has 0 fully saturated rings. The third kappa shape index (κ3) is 4.67. The zero-order valence-corrected chi connectivity index (χ0v) is 18.2. The van der Waals surface area contributed by atoms with Gasteiger partial charge in [-0.1, -0.05) is 0 Å². The van der Waals surface area contributed by atoms with E-state index in [1.165, 1.54) is 19.5 Å². The molecule has 9 heteroatoms. The number of pyridine rings is 1. The van der Waals surface area contributed by atoms with Gasteiger partial charge in [0.15, 0.2) is 5.76 Å². The molecule has 0 saturated heterocycles. The van der Waals surface area contributed by atoms with Crippen molar-refractivity contribution in [1.82, 2.24) is 10.4 Å². The summed E-state index contributed by atoms with van der Waals surface area (Å²) in [6.07, 6.45) is 5.19. The number of nitrogens with zero attached hydrogens (tertiary/aromatic N) is 2. The van der Waals surface area contributed by atoms with Crippen LogP contribution >= 0.6 is 0 Å². The van der Waals surface area contributed by atoms with Crippen LogP contribution in [0.5, 0.6) is 0 Å². The molecule has 3 aromatic rings. The van der Waals surface area contributed by atoms with E-state index < -0.39 is 11.9 Å². The van der Waals surface area contributed by atoms with Gasteiger partial charge in [-0.15, -0.1) is 0 Å². The van der Waals surface area contributed by atoms with Gasteiger partial charge in [-0.05, 0) is 56.2 Å². The lowest BCUT2D eigenvalue weighted by molar-refractivity contribution is 0.0600. The number of hydrazone groups is 1. The number of amides is 2. The van der Waals surface area contributed by atoms with Crippen molar-refractivity contribution in [3.05, 3.63) is 82.6 Å². The van der Waals surface area contributed by atoms with Crippen molar-refractivity contribution in [3.63, 3.8) is 0 Å². The smallest absolute Gasteiger partial charge is 0.337 e. The molecule has 0 radical (unpaired) electrons. The van der Waals surface area contributed by atoms with E-state index in [0.717, 1.165) is 12.0 Å². The highest BCUT2D eigenvalue weighted by molar-refractivity contribution is 6.09. The molecule has 4 rings (SSSR count). The Morgan fingerprint density at radius 3 is 2.42 bits per heavy atom. The highest BCUT2D eigenvalue weighted by atomic mass is 16.5. The molecule has 0 saturated carbocycles. The summed E-state index contributed by atoms with van der Waals surface area (Å²) in [6.45, 7) is 1.79. The third-order valence-electron chi connectivity index (χ3n) is 5.33. The predicted octanol–water partition coefficient (Wildman–Crippen LogP) is 3.49. The molecular weight excluding hydrogens is 424 g/mol. The molecule has 2 aromatic heterocycles. The van der Waals surface area contributed by atoms with Crippen molar-refractivity contribution < 1.29 is 23.5 Å². The second-order valence-corrected chi connectivity index (χ2v) is 7.47. The lowest BCUT2D eigenvalue weighted by atomic mass is 9.93. The maximum atomic E-state index is 12.9. The summed E-state index contributed by atoms with van der Waals surface area (Å²) in [6, 6.07) is 9.57. The number of furan rings is 1. The fourth-order valence-electron chi connectivity index (χ4n) is 3.68. The van der Waals surface area contributed by atoms with Crippen LogP contribution in [0.2, 0.25) is 0 Å². The van der Waals surface area contributed by atoms with Gasteiger partial charge in [0.1, 0.15) is 5.76 Å². The number of nitrogens with one attached hydrogen (secondary N) is 2. The van der Waals surface area contributed by atoms with E-state index in [0.29, 0.717) is 46.7 Å². The molecule has 0 aliphatic heterocycles. The van der Waals surface area contributed by atoms with Gasteiger partial charge in [0, 0.05) is 41.2 Å². The van der Waals surface area contributed by atoms with E-state index >= 15 is 0 Å². The molecule has 0 unspecified atom stereocenters. The first-order valence-electron chi connectivity index (χ1n) is 10.4. The van der Waals surface area contributed by atoms with Crippen LogP contribution in [0.15, 0.2) is 58.3 Å². The second-order valence-electron chi connectivity index (χ2n) is 7.47. The number of ether oxygens (including phenoxy) is 1. The van der Waals surface area contributed by atoms with E-state index in [-0.39, 0.29) is 11.7 Å². The van der Waals surface area contributed by atoms with Crippen LogP contribution in [0, 0.1) is 6.92 Å². The van der Waals surface area contributed by atoms with E-state index in [1.807, 2.05) is 0 Å². The largest absolute Gasteiger partial charge is 0.465 e. The molecule has 2 N–H and O–H groups in total. The highest BCUT2D eigenvalue weighted by Crippen LogP contribution is 2.30. The van der Waals surface area contributed by atoms with Crippen molar-refractivity contribution in [2.45, 2.75) is 26.2 Å². The first-order chi connectivity index (χ1) is 16.0. The summed E-state index contributed by atoms with van der Waals surface area (Å²) in [5, 5.41) is 7.09. The summed E-state index contributed by atoms with van der Waals surface area (Å²) < 4.78 is 10.6. The van der Waals surface area contributed by atoms with Crippen molar-refractivity contribution >= 4 is 29.2 Å². The van der Waals surface area contributed by atoms with Crippen molar-refractivity contribution in [1.29, 1.82) is 0 Å². The lowest BCUT2D eigenvalue weighted by Gasteiger charge is -2.13. The molecular formula is C24H22N4O5. The van der Waals surface area contributed by atoms with E-state index in [2.05, 4.69) is 25.6 Å². The Bertz CT molecular complexity index is 1230. The predicted molar refractivity (Wildman–Crippen MR) is 120 cm³/mol. The number of anilines is 1. The number of carbonyl (C=O) groups excluding carboxylic acids is 3. The van der Waals surface area contributed by atoms with Gasteiger partial charge in [-0.3, -0.25) is 14.6 Å². The SMILES string of the molecule is COC(=O)c1ccc(NC(=O)c2oc3c(c2C)/C(=N/NC(=O)c2ccncc2)CCC3)cc1. The van der Waals surface area contributed by atoms with Gasteiger partial charge in [0.05, 0.1) is 18.4 Å². The van der Waals surface area contributed by atoms with Gasteiger partial charge < -0.3 is 14.5 Å². The van der Waals surface area contributed by atoms with Gasteiger partial charge >= 0.3 is 5.97 Å². The molecule has 168 valence electrons. The molecule has 2 heterocycles. The van der Waals surface area contributed by atoms with Crippen LogP contribution in [0.25, 0.3) is 0 Å². The van der Waals surface area contributed by atoms with Crippen molar-refractivity contribution in [2.24, 2.45) is 5.10 Å². The third-order valence-corrected chi connectivity index (χ3v) is 5.33. The van der Waals surface area contributed by atoms with Crippen LogP contribution in [0.4, 0.5) is 5.69 Å². The Hall–Kier alpha value is -4.27. The van der Waals surface area contributed by atoms with Crippen LogP contribution in [-0.4, -0.2) is 35.6 Å². The minimum Gasteiger partial charge on any atom is -0.465 e. The maximum Gasteiger partial charge on any atom is 0.337 e. The molecule has 1 aromatic carbocycles. The Labute approximate surface area is 189 Å². The number of esters is 1. The summed E-state index contributed by atoms with van der Waals surface area (Å²) in [4.78, 5) is 40.7. The maximum absolute atomic E-state index is 12.9. The molecule has 0 atom stereocenters. The molecule has 1 aliphatic rings. The summed E-state index contributed by atoms with van der Waals surface area (Å²) in [7, 11) is 1.31. The van der Waals surface area contributed by atoms with Gasteiger partial charge in [-0.2, -0.15) is 5.10 Å². The zero-order chi connectivity index (χ0) is 23.4. The van der Waals surface area contributed by atoms with E-state index in [1.54, 1.807) is 43.3 Å². The van der Waals surface area contributed by atoms with Crippen LogP contribution < -0.4 is 10.7 Å². The summed E-state index contributed by atoms with van der Waals surface area (Å²) >= 11 is 0. The number of hydrogen-bond donors (Lipinski definition) is 2. The lowest BCUT2D eigenvalue weighted by Crippen LogP contribution is -2.22. The normalized spacial score (nSPS) is 13.8. The van der Waals surface area contributed by atoms with Gasteiger partial charge in [-0.25, -0.2) is 10.2 Å². The highest BCUT2D eigenvalue weighted by Gasteiger charge is 2.28. The Morgan fingerprint density at radius 1 is 1.00 bits per heavy atom. The van der Waals surface area contributed by atoms with Gasteiger partial charge in [0.25, 0.3) is 11.8 Å². The van der Waals surface area contributed by atoms with Crippen LogP contribution in [-0.2, 0) is 11.2 Å². The minimum atomic E-state index is -0.453. The second kappa shape index (κ2) is 9.47. The number of fused-ring (bicyclic) bond motifs is 1. The van der Waals surface area contributed by atoms with Crippen LogP contribution in [0.3, 0.4) is 0 Å². The number of hydrogen-bond acceptors (Lipinski definition) is 7. The standard InChI is InChI=1S/C24H22N4O5/c1-14-20-18(27-28-22(29)15-10-12-25-13-11-15)4-3-5-19(20)33-21(14)23(30)26-17-8-6-16(7-9-17)24(31)32-2/h6-13H,3-5H2,1-2H3,(H,26,30)(H,28,29)/b27-18+. The quantitative estimate of drug-likeness (QED) is 0.457. The number of benzene rings is 1. The van der Waals surface area contributed by atoms with E-state index in [4.69, 9.17) is 4.42 Å². The molecule has 9 nitrogen and oxygen atoms in total. The minimum absolute atomic E-state index is 0.187. The number of methoxy groups -OCH3 is 1. The van der Waals surface area contributed by atoms with E-state index in [9.17, 15) is 14.4 Å². The zero-order valence-electron chi connectivity index (χ0n) is 18.2. The van der Waals surface area contributed by atoms with Gasteiger partial charge in [0.2, 0.25) is 0 Å². The monoisotopic (exact) mass is 446 g/mol. The number of aryl methyl sites for hydroxylation is 1. The van der Waals surface area contributed by atoms with Crippen molar-refractivity contribution in [2.75, 3.05) is 12.4 Å². The fraction of sp³-hybridized carbons (Fsp3) is 0.208. The average molecular weight is 446 g/mol.